The van der Waals surface area contributed by atoms with Gasteiger partial charge in [0.2, 0.25) is 0 Å². The minimum Gasteiger partial charge on any atom is -0.377 e. The molecule has 1 aromatic rings. The maximum Gasteiger partial charge on any atom is 0.129 e. The van der Waals surface area contributed by atoms with Crippen molar-refractivity contribution < 1.29 is 4.74 Å². The zero-order valence-electron chi connectivity index (χ0n) is 9.45. The summed E-state index contributed by atoms with van der Waals surface area (Å²) in [5.74, 6) is 0. The van der Waals surface area contributed by atoms with Gasteiger partial charge in [0.1, 0.15) is 5.15 Å². The number of rotatable bonds is 4. The van der Waals surface area contributed by atoms with Crippen LogP contribution >= 0.6 is 11.6 Å². The van der Waals surface area contributed by atoms with Gasteiger partial charge in [-0.1, -0.05) is 17.7 Å². The van der Waals surface area contributed by atoms with E-state index in [-0.39, 0.29) is 6.04 Å². The quantitative estimate of drug-likeness (QED) is 0.822. The lowest BCUT2D eigenvalue weighted by Gasteiger charge is -2.16. The average Bonchev–Trinajstić information content (AvgIpc) is 2.80. The molecule has 1 aliphatic heterocycles. The molecule has 0 aromatic carbocycles. The molecule has 88 valence electrons. The van der Waals surface area contributed by atoms with Crippen molar-refractivity contribution in [2.24, 2.45) is 0 Å². The maximum atomic E-state index is 5.75. The molecule has 0 saturated carbocycles. The molecule has 2 atom stereocenters. The summed E-state index contributed by atoms with van der Waals surface area (Å²) in [6.07, 6.45) is 4.54. The summed E-state index contributed by atoms with van der Waals surface area (Å²) in [5.41, 5.74) is 1.15. The Labute approximate surface area is 101 Å². The molecule has 3 nitrogen and oxygen atoms in total. The molecular weight excluding hydrogens is 224 g/mol. The predicted molar refractivity (Wildman–Crippen MR) is 64.6 cm³/mol. The van der Waals surface area contributed by atoms with Crippen LogP contribution in [0.3, 0.4) is 0 Å². The van der Waals surface area contributed by atoms with Crippen LogP contribution in [0.4, 0.5) is 0 Å². The predicted octanol–water partition coefficient (Wildman–Crippen LogP) is 2.56. The van der Waals surface area contributed by atoms with E-state index in [9.17, 15) is 0 Å². The average molecular weight is 241 g/mol. The van der Waals surface area contributed by atoms with E-state index in [1.807, 2.05) is 18.3 Å². The molecule has 0 bridgehead atoms. The fourth-order valence-corrected chi connectivity index (χ4v) is 1.99. The van der Waals surface area contributed by atoms with Crippen LogP contribution < -0.4 is 5.32 Å². The van der Waals surface area contributed by atoms with Crippen LogP contribution in [-0.2, 0) is 4.74 Å². The van der Waals surface area contributed by atoms with Crippen LogP contribution in [0.5, 0.6) is 0 Å². The molecular formula is C12H17ClN2O. The highest BCUT2D eigenvalue weighted by atomic mass is 35.5. The smallest absolute Gasteiger partial charge is 0.129 e. The summed E-state index contributed by atoms with van der Waals surface area (Å²) in [7, 11) is 0. The van der Waals surface area contributed by atoms with Crippen molar-refractivity contribution in [2.45, 2.75) is 31.9 Å². The van der Waals surface area contributed by atoms with Crippen molar-refractivity contribution in [3.63, 3.8) is 0 Å². The molecule has 0 spiro atoms. The van der Waals surface area contributed by atoms with Crippen LogP contribution in [0.25, 0.3) is 0 Å². The number of aromatic nitrogens is 1. The molecule has 1 aromatic heterocycles. The summed E-state index contributed by atoms with van der Waals surface area (Å²) >= 11 is 5.75. The van der Waals surface area contributed by atoms with Crippen molar-refractivity contribution >= 4 is 11.6 Å². The molecule has 1 N–H and O–H groups in total. The Hall–Kier alpha value is -0.640. The SMILES string of the molecule is CC(NCC1CCCO1)c1ccc(Cl)nc1. The van der Waals surface area contributed by atoms with Gasteiger partial charge in [0.25, 0.3) is 0 Å². The van der Waals surface area contributed by atoms with Crippen LogP contribution in [0.2, 0.25) is 5.15 Å². The summed E-state index contributed by atoms with van der Waals surface area (Å²) < 4.78 is 5.56. The van der Waals surface area contributed by atoms with Gasteiger partial charge in [-0.25, -0.2) is 4.98 Å². The normalized spacial score (nSPS) is 22.2. The minimum atomic E-state index is 0.286. The van der Waals surface area contributed by atoms with Gasteiger partial charge in [-0.2, -0.15) is 0 Å². The van der Waals surface area contributed by atoms with Gasteiger partial charge in [-0.3, -0.25) is 0 Å². The molecule has 1 saturated heterocycles. The van der Waals surface area contributed by atoms with E-state index in [0.29, 0.717) is 11.3 Å². The van der Waals surface area contributed by atoms with Gasteiger partial charge in [-0.05, 0) is 31.4 Å². The van der Waals surface area contributed by atoms with Crippen molar-refractivity contribution in [2.75, 3.05) is 13.2 Å². The van der Waals surface area contributed by atoms with Gasteiger partial charge < -0.3 is 10.1 Å². The molecule has 2 heterocycles. The first-order chi connectivity index (χ1) is 7.75. The van der Waals surface area contributed by atoms with Crippen molar-refractivity contribution in [3.8, 4) is 0 Å². The Morgan fingerprint density at radius 1 is 1.62 bits per heavy atom. The molecule has 1 fully saturated rings. The van der Waals surface area contributed by atoms with Crippen LogP contribution in [0.15, 0.2) is 18.3 Å². The number of nitrogens with one attached hydrogen (secondary N) is 1. The molecule has 2 rings (SSSR count). The Morgan fingerprint density at radius 3 is 3.12 bits per heavy atom. The lowest BCUT2D eigenvalue weighted by atomic mass is 10.1. The molecule has 0 amide bonds. The highest BCUT2D eigenvalue weighted by Crippen LogP contribution is 2.15. The highest BCUT2D eigenvalue weighted by Gasteiger charge is 2.16. The van der Waals surface area contributed by atoms with E-state index in [4.69, 9.17) is 16.3 Å². The van der Waals surface area contributed by atoms with E-state index < -0.39 is 0 Å². The van der Waals surface area contributed by atoms with Crippen LogP contribution in [0.1, 0.15) is 31.4 Å². The third-order valence-corrected chi connectivity index (χ3v) is 3.15. The second-order valence-corrected chi connectivity index (χ2v) is 4.57. The fourth-order valence-electron chi connectivity index (χ4n) is 1.87. The first kappa shape index (κ1) is 11.8. The Morgan fingerprint density at radius 2 is 2.50 bits per heavy atom. The third kappa shape index (κ3) is 3.17. The van der Waals surface area contributed by atoms with Gasteiger partial charge >= 0.3 is 0 Å². The zero-order valence-corrected chi connectivity index (χ0v) is 10.2. The number of halogens is 1. The minimum absolute atomic E-state index is 0.286. The van der Waals surface area contributed by atoms with Crippen molar-refractivity contribution in [3.05, 3.63) is 29.0 Å². The summed E-state index contributed by atoms with van der Waals surface area (Å²) in [5, 5.41) is 3.99. The Balaban J connectivity index is 1.82. The van der Waals surface area contributed by atoms with E-state index >= 15 is 0 Å². The van der Waals surface area contributed by atoms with Gasteiger partial charge in [0.05, 0.1) is 6.10 Å². The number of hydrogen-bond donors (Lipinski definition) is 1. The van der Waals surface area contributed by atoms with Gasteiger partial charge in [-0.15, -0.1) is 0 Å². The largest absolute Gasteiger partial charge is 0.377 e. The molecule has 1 aliphatic rings. The fraction of sp³-hybridized carbons (Fsp3) is 0.583. The number of hydrogen-bond acceptors (Lipinski definition) is 3. The van der Waals surface area contributed by atoms with Crippen LogP contribution in [-0.4, -0.2) is 24.2 Å². The van der Waals surface area contributed by atoms with Crippen molar-refractivity contribution in [1.29, 1.82) is 0 Å². The second kappa shape index (κ2) is 5.62. The monoisotopic (exact) mass is 240 g/mol. The molecule has 2 unspecified atom stereocenters. The van der Waals surface area contributed by atoms with E-state index in [0.717, 1.165) is 18.7 Å². The molecule has 0 radical (unpaired) electrons. The number of ether oxygens (including phenoxy) is 1. The Bertz CT molecular complexity index is 322. The number of pyridine rings is 1. The standard InChI is InChI=1S/C12H17ClN2O/c1-9(10-4-5-12(13)15-7-10)14-8-11-3-2-6-16-11/h4-5,7,9,11,14H,2-3,6,8H2,1H3. The lowest BCUT2D eigenvalue weighted by molar-refractivity contribution is 0.108. The first-order valence-electron chi connectivity index (χ1n) is 5.72. The molecule has 4 heteroatoms. The maximum absolute atomic E-state index is 5.75. The topological polar surface area (TPSA) is 34.1 Å². The second-order valence-electron chi connectivity index (χ2n) is 4.18. The molecule has 16 heavy (non-hydrogen) atoms. The lowest BCUT2D eigenvalue weighted by Crippen LogP contribution is -2.28. The van der Waals surface area contributed by atoms with E-state index in [1.54, 1.807) is 0 Å². The summed E-state index contributed by atoms with van der Waals surface area (Å²) in [6.45, 7) is 3.94. The first-order valence-corrected chi connectivity index (χ1v) is 6.10. The Kier molecular flexibility index (Phi) is 4.16. The van der Waals surface area contributed by atoms with E-state index in [2.05, 4.69) is 17.2 Å². The van der Waals surface area contributed by atoms with Gasteiger partial charge in [0, 0.05) is 25.4 Å². The zero-order chi connectivity index (χ0) is 11.4. The van der Waals surface area contributed by atoms with Gasteiger partial charge in [0.15, 0.2) is 0 Å². The summed E-state index contributed by atoms with van der Waals surface area (Å²) in [6, 6.07) is 4.11. The van der Waals surface area contributed by atoms with Crippen LogP contribution in [0, 0.1) is 0 Å². The highest BCUT2D eigenvalue weighted by molar-refractivity contribution is 6.29. The van der Waals surface area contributed by atoms with E-state index in [1.165, 1.54) is 12.8 Å². The third-order valence-electron chi connectivity index (χ3n) is 2.93. The molecule has 0 aliphatic carbocycles. The van der Waals surface area contributed by atoms with Crippen molar-refractivity contribution in [1.82, 2.24) is 10.3 Å². The summed E-state index contributed by atoms with van der Waals surface area (Å²) in [4.78, 5) is 4.07. The number of nitrogens with zero attached hydrogens (tertiary/aromatic N) is 1.